The van der Waals surface area contributed by atoms with Crippen molar-refractivity contribution in [3.8, 4) is 5.75 Å². The van der Waals surface area contributed by atoms with Crippen LogP contribution in [0.1, 0.15) is 18.6 Å². The van der Waals surface area contributed by atoms with Gasteiger partial charge in [0.05, 0.1) is 6.10 Å². The molecule has 0 heterocycles. The summed E-state index contributed by atoms with van der Waals surface area (Å²) in [4.78, 5) is 10.8. The van der Waals surface area contributed by atoms with E-state index in [0.717, 1.165) is 11.8 Å². The van der Waals surface area contributed by atoms with Gasteiger partial charge in [-0.15, -0.1) is 0 Å². The topological polar surface area (TPSA) is 66.8 Å². The van der Waals surface area contributed by atoms with Gasteiger partial charge in [-0.25, -0.2) is 0 Å². The van der Waals surface area contributed by atoms with Gasteiger partial charge in [-0.05, 0) is 17.7 Å². The van der Waals surface area contributed by atoms with Crippen LogP contribution in [0, 0.1) is 0 Å². The lowest BCUT2D eigenvalue weighted by Crippen LogP contribution is -2.21. The number of benzene rings is 1. The molecule has 0 saturated carbocycles. The number of carbonyl (C=O) groups excluding carboxylic acids is 1. The molecule has 118 valence electrons. The lowest BCUT2D eigenvalue weighted by molar-refractivity contribution is -0.153. The number of hydrogen-bond donors (Lipinski definition) is 2. The van der Waals surface area contributed by atoms with Crippen LogP contribution in [0.5, 0.6) is 5.75 Å². The molecule has 0 spiro atoms. The monoisotopic (exact) mass is 324 g/mol. The molecule has 4 nitrogen and oxygen atoms in total. The first-order valence-electron chi connectivity index (χ1n) is 5.98. The van der Waals surface area contributed by atoms with Crippen molar-refractivity contribution >= 4 is 16.9 Å². The van der Waals surface area contributed by atoms with Crippen molar-refractivity contribution in [2.75, 3.05) is 12.4 Å². The number of aliphatic hydroxyl groups is 2. The van der Waals surface area contributed by atoms with E-state index < -0.39 is 25.0 Å². The van der Waals surface area contributed by atoms with Gasteiger partial charge in [0, 0.05) is 12.7 Å². The van der Waals surface area contributed by atoms with Crippen molar-refractivity contribution < 1.29 is 32.9 Å². The van der Waals surface area contributed by atoms with Crippen LogP contribution in [0.15, 0.2) is 24.3 Å². The Kier molecular flexibility index (Phi) is 6.50. The summed E-state index contributed by atoms with van der Waals surface area (Å²) in [6.07, 6.45) is -6.80. The highest BCUT2D eigenvalue weighted by Gasteiger charge is 2.28. The van der Waals surface area contributed by atoms with Gasteiger partial charge in [-0.1, -0.05) is 23.9 Å². The maximum absolute atomic E-state index is 12.0. The minimum Gasteiger partial charge on any atom is -0.484 e. The Morgan fingerprint density at radius 1 is 1.29 bits per heavy atom. The van der Waals surface area contributed by atoms with Crippen molar-refractivity contribution in [3.63, 3.8) is 0 Å². The zero-order valence-corrected chi connectivity index (χ0v) is 11.9. The molecule has 1 aromatic carbocycles. The zero-order valence-electron chi connectivity index (χ0n) is 11.1. The van der Waals surface area contributed by atoms with Crippen molar-refractivity contribution in [1.82, 2.24) is 0 Å². The molecule has 0 amide bonds. The van der Waals surface area contributed by atoms with E-state index in [2.05, 4.69) is 4.74 Å². The zero-order chi connectivity index (χ0) is 16.0. The number of hydrogen-bond acceptors (Lipinski definition) is 5. The van der Waals surface area contributed by atoms with Crippen molar-refractivity contribution in [2.45, 2.75) is 25.3 Å². The molecule has 0 bridgehead atoms. The lowest BCUT2D eigenvalue weighted by Gasteiger charge is -2.17. The molecule has 21 heavy (non-hydrogen) atoms. The number of ether oxygens (including phenoxy) is 1. The van der Waals surface area contributed by atoms with Crippen LogP contribution in [0.3, 0.4) is 0 Å². The second kappa shape index (κ2) is 7.67. The van der Waals surface area contributed by atoms with Crippen LogP contribution < -0.4 is 4.74 Å². The van der Waals surface area contributed by atoms with Crippen LogP contribution >= 0.6 is 11.8 Å². The molecular formula is C13H15F3O4S. The van der Waals surface area contributed by atoms with Crippen LogP contribution in [0.25, 0.3) is 0 Å². The number of aliphatic hydroxyl groups excluding tert-OH is 2. The summed E-state index contributed by atoms with van der Waals surface area (Å²) in [5.41, 5.74) is 0.325. The molecule has 2 unspecified atom stereocenters. The van der Waals surface area contributed by atoms with Gasteiger partial charge >= 0.3 is 6.18 Å². The fourth-order valence-electron chi connectivity index (χ4n) is 1.44. The Hall–Kier alpha value is -1.25. The molecule has 2 N–H and O–H groups in total. The highest BCUT2D eigenvalue weighted by molar-refractivity contribution is 8.13. The van der Waals surface area contributed by atoms with Gasteiger partial charge in [0.1, 0.15) is 11.9 Å². The number of halogens is 3. The molecular weight excluding hydrogens is 309 g/mol. The Morgan fingerprint density at radius 2 is 1.86 bits per heavy atom. The van der Waals surface area contributed by atoms with Crippen LogP contribution in [-0.4, -0.2) is 40.0 Å². The first-order chi connectivity index (χ1) is 9.69. The van der Waals surface area contributed by atoms with Gasteiger partial charge in [0.2, 0.25) is 0 Å². The first-order valence-corrected chi connectivity index (χ1v) is 6.96. The van der Waals surface area contributed by atoms with Gasteiger partial charge in [0.15, 0.2) is 11.7 Å². The van der Waals surface area contributed by atoms with E-state index in [1.165, 1.54) is 31.2 Å². The summed E-state index contributed by atoms with van der Waals surface area (Å²) < 4.78 is 40.5. The summed E-state index contributed by atoms with van der Waals surface area (Å²) in [6.45, 7) is -0.0523. The number of carbonyl (C=O) groups is 1. The normalized spacial score (nSPS) is 14.6. The summed E-state index contributed by atoms with van der Waals surface area (Å²) in [6, 6.07) is 5.26. The van der Waals surface area contributed by atoms with Crippen molar-refractivity contribution in [2.24, 2.45) is 0 Å². The van der Waals surface area contributed by atoms with Gasteiger partial charge in [-0.2, -0.15) is 13.2 Å². The fourth-order valence-corrected chi connectivity index (χ4v) is 2.03. The van der Waals surface area contributed by atoms with Gasteiger partial charge in [-0.3, -0.25) is 4.79 Å². The molecule has 8 heteroatoms. The highest BCUT2D eigenvalue weighted by atomic mass is 32.2. The SMILES string of the molecule is CC(=O)SCC(O)C(O)c1ccc(OCC(F)(F)F)cc1. The summed E-state index contributed by atoms with van der Waals surface area (Å²) in [5.74, 6) is 0.0407. The molecule has 0 saturated heterocycles. The lowest BCUT2D eigenvalue weighted by atomic mass is 10.1. The Balaban J connectivity index is 2.58. The Labute approximate surface area is 123 Å². The van der Waals surface area contributed by atoms with E-state index in [1.807, 2.05) is 0 Å². The predicted molar refractivity (Wildman–Crippen MR) is 72.1 cm³/mol. The van der Waals surface area contributed by atoms with Crippen molar-refractivity contribution in [1.29, 1.82) is 0 Å². The number of rotatable bonds is 6. The van der Waals surface area contributed by atoms with E-state index in [0.29, 0.717) is 5.56 Å². The minimum atomic E-state index is -4.42. The van der Waals surface area contributed by atoms with E-state index >= 15 is 0 Å². The average Bonchev–Trinajstić information content (AvgIpc) is 2.41. The quantitative estimate of drug-likeness (QED) is 0.840. The number of thioether (sulfide) groups is 1. The standard InChI is InChI=1S/C13H15F3O4S/c1-8(17)21-6-11(18)12(19)9-2-4-10(5-3-9)20-7-13(14,15)16/h2-5,11-12,18-19H,6-7H2,1H3. The molecule has 0 fully saturated rings. The minimum absolute atomic E-state index is 0.0101. The number of alkyl halides is 3. The fraction of sp³-hybridized carbons (Fsp3) is 0.462. The highest BCUT2D eigenvalue weighted by Crippen LogP contribution is 2.24. The molecule has 2 atom stereocenters. The molecule has 1 aromatic rings. The summed E-state index contributed by atoms with van der Waals surface area (Å²) >= 11 is 0.878. The second-order valence-electron chi connectivity index (χ2n) is 4.29. The van der Waals surface area contributed by atoms with Crippen molar-refractivity contribution in [3.05, 3.63) is 29.8 Å². The third-order valence-electron chi connectivity index (χ3n) is 2.45. The maximum atomic E-state index is 12.0. The van der Waals surface area contributed by atoms with Crippen LogP contribution in [0.2, 0.25) is 0 Å². The summed E-state index contributed by atoms with van der Waals surface area (Å²) in [5, 5.41) is 19.4. The van der Waals surface area contributed by atoms with Gasteiger partial charge < -0.3 is 14.9 Å². The third kappa shape index (κ3) is 6.83. The molecule has 0 radical (unpaired) electrons. The molecule has 0 aliphatic rings. The predicted octanol–water partition coefficient (Wildman–Crippen LogP) is 2.30. The second-order valence-corrected chi connectivity index (χ2v) is 5.48. The molecule has 0 aliphatic heterocycles. The van der Waals surface area contributed by atoms with E-state index in [-0.39, 0.29) is 16.6 Å². The Morgan fingerprint density at radius 3 is 2.33 bits per heavy atom. The smallest absolute Gasteiger partial charge is 0.422 e. The molecule has 0 aromatic heterocycles. The Bertz CT molecular complexity index is 461. The van der Waals surface area contributed by atoms with Crippen LogP contribution in [-0.2, 0) is 4.79 Å². The molecule has 1 rings (SSSR count). The summed E-state index contributed by atoms with van der Waals surface area (Å²) in [7, 11) is 0. The maximum Gasteiger partial charge on any atom is 0.422 e. The third-order valence-corrected chi connectivity index (χ3v) is 3.36. The first kappa shape index (κ1) is 17.8. The average molecular weight is 324 g/mol. The van der Waals surface area contributed by atoms with Crippen LogP contribution in [0.4, 0.5) is 13.2 Å². The van der Waals surface area contributed by atoms with E-state index in [1.54, 1.807) is 0 Å². The van der Waals surface area contributed by atoms with E-state index in [9.17, 15) is 28.2 Å². The molecule has 0 aliphatic carbocycles. The van der Waals surface area contributed by atoms with Gasteiger partial charge in [0.25, 0.3) is 0 Å². The van der Waals surface area contributed by atoms with E-state index in [4.69, 9.17) is 0 Å². The largest absolute Gasteiger partial charge is 0.484 e.